The highest BCUT2D eigenvalue weighted by Gasteiger charge is 2.65. The summed E-state index contributed by atoms with van der Waals surface area (Å²) < 4.78 is 78.6. The molecule has 0 aromatic carbocycles. The lowest BCUT2D eigenvalue weighted by Gasteiger charge is -2.62. The van der Waals surface area contributed by atoms with Gasteiger partial charge in [0, 0.05) is 12.0 Å². The van der Waals surface area contributed by atoms with Crippen LogP contribution in [0.1, 0.15) is 98.8 Å². The average molecular weight is 635 g/mol. The minimum absolute atomic E-state index is 0.00494. The summed E-state index contributed by atoms with van der Waals surface area (Å²) in [5.41, 5.74) is -0.472. The van der Waals surface area contributed by atoms with Crippen molar-refractivity contribution in [3.8, 4) is 0 Å². The zero-order valence-corrected chi connectivity index (χ0v) is 27.2. The molecule has 0 bridgehead atoms. The highest BCUT2D eigenvalue weighted by molar-refractivity contribution is 7.81. The van der Waals surface area contributed by atoms with Crippen molar-refractivity contribution in [3.63, 3.8) is 0 Å². The van der Waals surface area contributed by atoms with Gasteiger partial charge in [-0.05, 0) is 122 Å². The van der Waals surface area contributed by atoms with Gasteiger partial charge in [-0.2, -0.15) is 0 Å². The summed E-state index contributed by atoms with van der Waals surface area (Å²) in [5, 5.41) is 22.6. The second-order valence-electron chi connectivity index (χ2n) is 15.5. The van der Waals surface area contributed by atoms with Crippen LogP contribution in [0.5, 0.6) is 0 Å². The number of fused-ring (bicyclic) bond motifs is 5. The summed E-state index contributed by atoms with van der Waals surface area (Å²) in [5.74, 6) is 1.99. The maximum Gasteiger partial charge on any atom is 0.217 e. The molecule has 5 rings (SSSR count). The maximum absolute atomic E-state index is 11.6. The van der Waals surface area contributed by atoms with Gasteiger partial charge in [-0.25, -0.2) is 16.8 Å². The van der Waals surface area contributed by atoms with Crippen LogP contribution in [-0.2, 0) is 29.2 Å². The van der Waals surface area contributed by atoms with Crippen molar-refractivity contribution < 1.29 is 44.5 Å². The summed E-state index contributed by atoms with van der Waals surface area (Å²) in [6.07, 6.45) is 4.10. The van der Waals surface area contributed by atoms with Crippen LogP contribution in [0.2, 0.25) is 0 Å². The minimum atomic E-state index is -5.17. The van der Waals surface area contributed by atoms with Gasteiger partial charge in [0.1, 0.15) is 12.2 Å². The fourth-order valence-corrected chi connectivity index (χ4v) is 12.5. The Kier molecular flexibility index (Phi) is 8.79. The molecule has 0 radical (unpaired) electrons. The van der Waals surface area contributed by atoms with Crippen molar-refractivity contribution in [2.75, 3.05) is 6.61 Å². The Labute approximate surface area is 252 Å². The third kappa shape index (κ3) is 5.74. The average Bonchev–Trinajstić information content (AvgIpc) is 3.43. The van der Waals surface area contributed by atoms with Crippen LogP contribution >= 0.6 is 0 Å². The zero-order valence-electron chi connectivity index (χ0n) is 25.6. The van der Waals surface area contributed by atoms with E-state index in [9.17, 15) is 36.2 Å². The van der Waals surface area contributed by atoms with Gasteiger partial charge in [-0.1, -0.05) is 34.6 Å². The topological polar surface area (TPSA) is 173 Å². The highest BCUT2D eigenvalue weighted by Crippen LogP contribution is 2.69. The Morgan fingerprint density at radius 1 is 0.929 bits per heavy atom. The Morgan fingerprint density at radius 3 is 2.10 bits per heavy atom. The molecule has 0 heterocycles. The van der Waals surface area contributed by atoms with Crippen molar-refractivity contribution >= 4 is 20.8 Å². The van der Waals surface area contributed by atoms with Crippen LogP contribution in [0, 0.1) is 63.6 Å². The summed E-state index contributed by atoms with van der Waals surface area (Å²) in [7, 11) is -10.3. The normalized spacial score (nSPS) is 47.9. The van der Waals surface area contributed by atoms with Crippen molar-refractivity contribution in [2.24, 2.45) is 63.6 Å². The Bertz CT molecular complexity index is 1220. The van der Waals surface area contributed by atoms with E-state index in [1.807, 2.05) is 0 Å². The van der Waals surface area contributed by atoms with Gasteiger partial charge in [0.05, 0.1) is 6.10 Å². The molecule has 0 aromatic heterocycles. The van der Waals surface area contributed by atoms with Crippen molar-refractivity contribution in [1.82, 2.24) is 0 Å². The van der Waals surface area contributed by atoms with Gasteiger partial charge in [0.2, 0.25) is 20.8 Å². The number of aliphatic hydroxyl groups excluding tert-OH is 2. The smallest absolute Gasteiger partial charge is 0.217 e. The predicted molar refractivity (Wildman–Crippen MR) is 152 cm³/mol. The van der Waals surface area contributed by atoms with Gasteiger partial charge in [0.25, 0.3) is 0 Å². The molecule has 0 saturated heterocycles. The molecule has 5 saturated carbocycles. The minimum Gasteiger partial charge on any atom is -0.726 e. The number of aliphatic hydroxyl groups is 2. The SMILES string of the molecule is CC(CCC1(C(C)C)CC1C)[C@H]1[C@@H](O)C[C@H]2[C@@H]3CC[C@H]4C[C@H](OS(=O)(=O)[O-])[C@@H](OS(=O)(=O)[O-])C[C@]4(C)[C@H]3CC[C@@]21CO. The first-order valence-corrected chi connectivity index (χ1v) is 18.6. The number of hydrogen-bond acceptors (Lipinski definition) is 10. The van der Waals surface area contributed by atoms with Crippen LogP contribution < -0.4 is 0 Å². The molecular weight excluding hydrogens is 584 g/mol. The van der Waals surface area contributed by atoms with Gasteiger partial charge < -0.3 is 19.3 Å². The molecular formula is C30H50O10S2-2. The van der Waals surface area contributed by atoms with Crippen LogP contribution in [0.25, 0.3) is 0 Å². The monoisotopic (exact) mass is 634 g/mol. The fourth-order valence-electron chi connectivity index (χ4n) is 11.5. The van der Waals surface area contributed by atoms with Crippen LogP contribution in [0.3, 0.4) is 0 Å². The van der Waals surface area contributed by atoms with Crippen LogP contribution in [0.4, 0.5) is 0 Å². The largest absolute Gasteiger partial charge is 0.726 e. The number of hydrogen-bond donors (Lipinski definition) is 2. The third-order valence-corrected chi connectivity index (χ3v) is 14.5. The molecule has 5 fully saturated rings. The summed E-state index contributed by atoms with van der Waals surface area (Å²) >= 11 is 0. The molecule has 42 heavy (non-hydrogen) atoms. The van der Waals surface area contributed by atoms with E-state index in [4.69, 9.17) is 8.37 Å². The molecule has 10 nitrogen and oxygen atoms in total. The fraction of sp³-hybridized carbons (Fsp3) is 1.00. The van der Waals surface area contributed by atoms with Crippen LogP contribution in [-0.4, -0.2) is 61.1 Å². The molecule has 13 atom stereocenters. The zero-order chi connectivity index (χ0) is 31.0. The standard InChI is InChI=1S/C30H52O10S2/c1-17(2)29(14-19(29)4)10-8-18(3)27-24(32)13-23-21-7-6-20-12-25(39-41(33,34)35)26(40-42(36,37)38)15-28(20,5)22(21)9-11-30(23,27)16-31/h17-27,31-32H,6-16H2,1-5H3,(H,33,34,35)(H,36,37,38)/p-2/t18?,19?,20-,21+,22-,23-,24-,25-,26-,27-,28-,29?,30+/m0/s1. The first-order chi connectivity index (χ1) is 19.4. The predicted octanol–water partition coefficient (Wildman–Crippen LogP) is 3.99. The molecule has 5 aliphatic rings. The lowest BCUT2D eigenvalue weighted by atomic mass is 9.44. The Balaban J connectivity index is 1.37. The quantitative estimate of drug-likeness (QED) is 0.264. The lowest BCUT2D eigenvalue weighted by molar-refractivity contribution is -0.162. The molecule has 244 valence electrons. The van der Waals surface area contributed by atoms with E-state index in [0.29, 0.717) is 17.8 Å². The van der Waals surface area contributed by atoms with Gasteiger partial charge in [-0.3, -0.25) is 8.37 Å². The van der Waals surface area contributed by atoms with E-state index in [-0.39, 0.29) is 60.4 Å². The molecule has 5 aliphatic carbocycles. The van der Waals surface area contributed by atoms with Gasteiger partial charge in [-0.15, -0.1) is 0 Å². The van der Waals surface area contributed by atoms with Crippen molar-refractivity contribution in [2.45, 2.75) is 117 Å². The Hall–Kier alpha value is -0.340. The van der Waals surface area contributed by atoms with E-state index < -0.39 is 44.5 Å². The van der Waals surface area contributed by atoms with E-state index in [1.54, 1.807) is 0 Å². The molecule has 0 aliphatic heterocycles. The number of rotatable bonds is 10. The lowest BCUT2D eigenvalue weighted by Crippen LogP contribution is -2.58. The van der Waals surface area contributed by atoms with Gasteiger partial charge >= 0.3 is 0 Å². The molecule has 2 N–H and O–H groups in total. The molecule has 0 amide bonds. The maximum atomic E-state index is 11.6. The molecule has 0 spiro atoms. The van der Waals surface area contributed by atoms with E-state index >= 15 is 0 Å². The summed E-state index contributed by atoms with van der Waals surface area (Å²) in [4.78, 5) is 0. The first-order valence-electron chi connectivity index (χ1n) is 15.9. The molecule has 3 unspecified atom stereocenters. The van der Waals surface area contributed by atoms with Gasteiger partial charge in [0.15, 0.2) is 0 Å². The second-order valence-corrected chi connectivity index (χ2v) is 17.5. The first kappa shape index (κ1) is 33.0. The van der Waals surface area contributed by atoms with Crippen molar-refractivity contribution in [1.29, 1.82) is 0 Å². The van der Waals surface area contributed by atoms with E-state index in [0.717, 1.165) is 44.4 Å². The second kappa shape index (κ2) is 11.2. The highest BCUT2D eigenvalue weighted by atomic mass is 32.3. The van der Waals surface area contributed by atoms with Crippen LogP contribution in [0.15, 0.2) is 0 Å². The van der Waals surface area contributed by atoms with Crippen molar-refractivity contribution in [3.05, 3.63) is 0 Å². The van der Waals surface area contributed by atoms with E-state index in [1.165, 1.54) is 6.42 Å². The summed E-state index contributed by atoms with van der Waals surface area (Å²) in [6, 6.07) is 0. The third-order valence-electron chi connectivity index (χ3n) is 13.6. The molecule has 12 heteroatoms. The Morgan fingerprint density at radius 2 is 1.55 bits per heavy atom. The van der Waals surface area contributed by atoms with E-state index in [2.05, 4.69) is 34.6 Å². The molecule has 0 aromatic rings. The summed E-state index contributed by atoms with van der Waals surface area (Å²) in [6.45, 7) is 11.3.